The zero-order valence-corrected chi connectivity index (χ0v) is 16.9. The van der Waals surface area contributed by atoms with Crippen LogP contribution in [-0.4, -0.2) is 31.1 Å². The van der Waals surface area contributed by atoms with E-state index >= 15 is 0 Å². The monoisotopic (exact) mass is 426 g/mol. The van der Waals surface area contributed by atoms with Crippen molar-refractivity contribution in [2.24, 2.45) is 0 Å². The van der Waals surface area contributed by atoms with E-state index in [1.165, 1.54) is 6.08 Å². The minimum atomic E-state index is -0.822. The van der Waals surface area contributed by atoms with E-state index in [0.717, 1.165) is 4.90 Å². The smallest absolute Gasteiger partial charge is 0.335 e. The van der Waals surface area contributed by atoms with Crippen LogP contribution in [0.15, 0.2) is 60.7 Å². The Labute approximate surface area is 178 Å². The number of rotatable bonds is 7. The molecule has 1 fully saturated rings. The van der Waals surface area contributed by atoms with Gasteiger partial charge < -0.3 is 9.47 Å². The molecule has 0 saturated carbocycles. The van der Waals surface area contributed by atoms with E-state index in [9.17, 15) is 14.4 Å². The molecule has 1 saturated heterocycles. The first-order valence-corrected chi connectivity index (χ1v) is 9.50. The van der Waals surface area contributed by atoms with E-state index in [2.05, 4.69) is 11.9 Å². The maximum absolute atomic E-state index is 12.9. The van der Waals surface area contributed by atoms with E-state index < -0.39 is 17.8 Å². The summed E-state index contributed by atoms with van der Waals surface area (Å²) in [6, 6.07) is 10.4. The molecule has 1 aliphatic rings. The highest BCUT2D eigenvalue weighted by Gasteiger charge is 2.36. The van der Waals surface area contributed by atoms with Gasteiger partial charge in [-0.2, -0.15) is 0 Å². The number of carbonyl (C=O) groups is 3. The highest BCUT2D eigenvalue weighted by molar-refractivity contribution is 6.39. The van der Waals surface area contributed by atoms with E-state index in [-0.39, 0.29) is 5.57 Å². The quantitative estimate of drug-likeness (QED) is 0.411. The van der Waals surface area contributed by atoms with Crippen LogP contribution in [0.4, 0.5) is 10.5 Å². The number of anilines is 1. The van der Waals surface area contributed by atoms with Gasteiger partial charge in [-0.1, -0.05) is 30.3 Å². The van der Waals surface area contributed by atoms with E-state index in [4.69, 9.17) is 21.1 Å². The topological polar surface area (TPSA) is 84.9 Å². The summed E-state index contributed by atoms with van der Waals surface area (Å²) >= 11 is 6.19. The number of nitrogens with zero attached hydrogens (tertiary/aromatic N) is 1. The fourth-order valence-corrected chi connectivity index (χ4v) is 3.03. The molecule has 2 aromatic rings. The number of hydrogen-bond acceptors (Lipinski definition) is 5. The lowest BCUT2D eigenvalue weighted by molar-refractivity contribution is -0.122. The molecule has 3 rings (SSSR count). The van der Waals surface area contributed by atoms with Crippen molar-refractivity contribution in [3.63, 3.8) is 0 Å². The largest absolute Gasteiger partial charge is 0.494 e. The van der Waals surface area contributed by atoms with Crippen LogP contribution in [-0.2, 0) is 9.59 Å². The lowest BCUT2D eigenvalue weighted by Crippen LogP contribution is -2.54. The summed E-state index contributed by atoms with van der Waals surface area (Å²) in [6.07, 6.45) is 2.96. The van der Waals surface area contributed by atoms with Crippen molar-refractivity contribution in [2.75, 3.05) is 18.1 Å². The van der Waals surface area contributed by atoms with Crippen LogP contribution in [0.1, 0.15) is 12.5 Å². The molecule has 0 spiro atoms. The maximum atomic E-state index is 12.9. The van der Waals surface area contributed by atoms with Crippen LogP contribution in [0, 0.1) is 0 Å². The third kappa shape index (κ3) is 4.52. The average molecular weight is 427 g/mol. The molecule has 0 unspecified atom stereocenters. The normalized spacial score (nSPS) is 15.2. The van der Waals surface area contributed by atoms with Gasteiger partial charge in [0.2, 0.25) is 0 Å². The minimum absolute atomic E-state index is 0.195. The van der Waals surface area contributed by atoms with Crippen molar-refractivity contribution >= 4 is 41.2 Å². The number of amides is 4. The van der Waals surface area contributed by atoms with Crippen molar-refractivity contribution in [3.8, 4) is 11.5 Å². The molecule has 154 valence electrons. The first-order valence-electron chi connectivity index (χ1n) is 9.12. The first kappa shape index (κ1) is 21.1. The number of carbonyl (C=O) groups excluding carboxylic acids is 3. The van der Waals surface area contributed by atoms with Crippen LogP contribution in [0.25, 0.3) is 6.08 Å². The van der Waals surface area contributed by atoms with Crippen molar-refractivity contribution in [3.05, 3.63) is 71.3 Å². The highest BCUT2D eigenvalue weighted by atomic mass is 35.5. The Morgan fingerprint density at radius 3 is 2.47 bits per heavy atom. The number of urea groups is 1. The Hall–Kier alpha value is -3.58. The number of hydrogen-bond donors (Lipinski definition) is 1. The molecule has 0 atom stereocenters. The zero-order valence-electron chi connectivity index (χ0n) is 16.2. The third-order valence-electron chi connectivity index (χ3n) is 4.13. The van der Waals surface area contributed by atoms with Crippen LogP contribution in [0.2, 0.25) is 5.02 Å². The molecular formula is C22H19ClN2O5. The molecule has 0 aliphatic carbocycles. The van der Waals surface area contributed by atoms with Crippen molar-refractivity contribution in [2.45, 2.75) is 6.92 Å². The summed E-state index contributed by atoms with van der Waals surface area (Å²) < 4.78 is 10.8. The van der Waals surface area contributed by atoms with Crippen LogP contribution < -0.4 is 19.7 Å². The van der Waals surface area contributed by atoms with Gasteiger partial charge in [-0.05, 0) is 55.0 Å². The predicted octanol–water partition coefficient (Wildman–Crippen LogP) is 3.97. The second kappa shape index (κ2) is 9.28. The van der Waals surface area contributed by atoms with Gasteiger partial charge in [0.05, 0.1) is 17.3 Å². The lowest BCUT2D eigenvalue weighted by Gasteiger charge is -2.26. The molecular weight excluding hydrogens is 408 g/mol. The van der Waals surface area contributed by atoms with Gasteiger partial charge in [-0.25, -0.2) is 9.69 Å². The Balaban J connectivity index is 1.90. The molecule has 0 bridgehead atoms. The summed E-state index contributed by atoms with van der Waals surface area (Å²) in [7, 11) is 0. The molecule has 30 heavy (non-hydrogen) atoms. The van der Waals surface area contributed by atoms with Crippen molar-refractivity contribution in [1.82, 2.24) is 5.32 Å². The number of barbiturate groups is 1. The van der Waals surface area contributed by atoms with Gasteiger partial charge in [0.25, 0.3) is 11.8 Å². The number of ether oxygens (including phenoxy) is 2. The van der Waals surface area contributed by atoms with Gasteiger partial charge in [0.15, 0.2) is 0 Å². The van der Waals surface area contributed by atoms with Crippen LogP contribution >= 0.6 is 11.6 Å². The number of halogens is 1. The van der Waals surface area contributed by atoms with Gasteiger partial charge in [0, 0.05) is 0 Å². The summed E-state index contributed by atoms with van der Waals surface area (Å²) in [4.78, 5) is 38.4. The second-order valence-electron chi connectivity index (χ2n) is 6.17. The van der Waals surface area contributed by atoms with E-state index in [1.807, 2.05) is 6.92 Å². The molecule has 1 aliphatic heterocycles. The maximum Gasteiger partial charge on any atom is 0.335 e. The highest BCUT2D eigenvalue weighted by Crippen LogP contribution is 2.28. The molecule has 0 aromatic heterocycles. The first-order chi connectivity index (χ1) is 14.4. The Bertz CT molecular complexity index is 1030. The molecule has 1 N–H and O–H groups in total. The lowest BCUT2D eigenvalue weighted by atomic mass is 10.1. The van der Waals surface area contributed by atoms with Crippen LogP contribution in [0.3, 0.4) is 0 Å². The summed E-state index contributed by atoms with van der Waals surface area (Å²) in [5.41, 5.74) is 0.621. The standard InChI is InChI=1S/C22H19ClN2O5/c1-3-11-30-19-10-5-14(13-18(19)23)12-17-20(26)24-22(28)25(21(17)27)15-6-8-16(9-7-15)29-4-2/h3,5-10,12-13H,1,4,11H2,2H3,(H,24,26,28)/b17-12+. The fraction of sp³-hybridized carbons (Fsp3) is 0.136. The van der Waals surface area contributed by atoms with E-state index in [0.29, 0.717) is 41.0 Å². The number of benzene rings is 2. The molecule has 0 radical (unpaired) electrons. The second-order valence-corrected chi connectivity index (χ2v) is 6.58. The van der Waals surface area contributed by atoms with Gasteiger partial charge in [-0.15, -0.1) is 0 Å². The van der Waals surface area contributed by atoms with Crippen LogP contribution in [0.5, 0.6) is 11.5 Å². The van der Waals surface area contributed by atoms with Gasteiger partial charge >= 0.3 is 6.03 Å². The molecule has 2 aromatic carbocycles. The third-order valence-corrected chi connectivity index (χ3v) is 4.43. The number of nitrogens with one attached hydrogen (secondary N) is 1. The Morgan fingerprint density at radius 1 is 1.10 bits per heavy atom. The average Bonchev–Trinajstić information content (AvgIpc) is 2.72. The summed E-state index contributed by atoms with van der Waals surface area (Å²) in [5, 5.41) is 2.50. The van der Waals surface area contributed by atoms with Gasteiger partial charge in [-0.3, -0.25) is 14.9 Å². The zero-order chi connectivity index (χ0) is 21.7. The summed E-state index contributed by atoms with van der Waals surface area (Å²) in [6.45, 7) is 6.20. The predicted molar refractivity (Wildman–Crippen MR) is 114 cm³/mol. The number of imide groups is 2. The van der Waals surface area contributed by atoms with Crippen molar-refractivity contribution < 1.29 is 23.9 Å². The van der Waals surface area contributed by atoms with Crippen molar-refractivity contribution in [1.29, 1.82) is 0 Å². The summed E-state index contributed by atoms with van der Waals surface area (Å²) in [5.74, 6) is -0.470. The molecule has 1 heterocycles. The molecule has 7 nitrogen and oxygen atoms in total. The van der Waals surface area contributed by atoms with E-state index in [1.54, 1.807) is 48.5 Å². The molecule has 8 heteroatoms. The molecule has 4 amide bonds. The Kier molecular flexibility index (Phi) is 6.54. The minimum Gasteiger partial charge on any atom is -0.494 e. The SMILES string of the molecule is C=CCOc1ccc(/C=C2\C(=O)NC(=O)N(c3ccc(OCC)cc3)C2=O)cc1Cl. The Morgan fingerprint density at radius 2 is 1.83 bits per heavy atom. The van der Waals surface area contributed by atoms with Gasteiger partial charge in [0.1, 0.15) is 23.7 Å². The fourth-order valence-electron chi connectivity index (χ4n) is 2.79.